The summed E-state index contributed by atoms with van der Waals surface area (Å²) in [5.41, 5.74) is 5.59. The first-order valence-corrected chi connectivity index (χ1v) is 5.16. The highest BCUT2D eigenvalue weighted by atomic mass is 35.5. The van der Waals surface area contributed by atoms with E-state index in [1.54, 1.807) is 12.1 Å². The van der Waals surface area contributed by atoms with Crippen molar-refractivity contribution >= 4 is 29.8 Å². The molecule has 3 N–H and O–H groups in total. The monoisotopic (exact) mass is 263 g/mol. The maximum Gasteiger partial charge on any atom is 0.213 e. The number of hydrogen-bond donors (Lipinski definition) is 2. The van der Waals surface area contributed by atoms with Crippen LogP contribution < -0.4 is 10.5 Å². The van der Waals surface area contributed by atoms with Crippen LogP contribution in [0.2, 0.25) is 5.02 Å². The van der Waals surface area contributed by atoms with Crippen LogP contribution in [0.5, 0.6) is 5.88 Å². The molecule has 1 heterocycles. The molecular formula is C10H15Cl2N3O. The lowest BCUT2D eigenvalue weighted by Crippen LogP contribution is -2.14. The van der Waals surface area contributed by atoms with Gasteiger partial charge in [-0.25, -0.2) is 4.98 Å². The largest absolute Gasteiger partial charge is 0.478 e. The molecule has 90 valence electrons. The molecule has 0 aliphatic heterocycles. The molecule has 0 aliphatic carbocycles. The van der Waals surface area contributed by atoms with Gasteiger partial charge in [-0.1, -0.05) is 24.9 Å². The van der Waals surface area contributed by atoms with Gasteiger partial charge in [0.25, 0.3) is 0 Å². The smallest absolute Gasteiger partial charge is 0.213 e. The van der Waals surface area contributed by atoms with Gasteiger partial charge in [0.05, 0.1) is 11.6 Å². The molecule has 0 unspecified atom stereocenters. The number of nitrogens with one attached hydrogen (secondary N) is 1. The third kappa shape index (κ3) is 4.24. The van der Waals surface area contributed by atoms with Gasteiger partial charge in [-0.2, -0.15) is 0 Å². The number of nitrogen functional groups attached to an aromatic ring is 1. The second-order valence-corrected chi connectivity index (χ2v) is 3.50. The molecule has 0 aromatic carbocycles. The summed E-state index contributed by atoms with van der Waals surface area (Å²) >= 11 is 5.81. The maximum atomic E-state index is 7.26. The summed E-state index contributed by atoms with van der Waals surface area (Å²) < 4.78 is 5.37. The first-order valence-electron chi connectivity index (χ1n) is 4.79. The average Bonchev–Trinajstić information content (AvgIpc) is 2.20. The number of nitrogens with zero attached hydrogens (tertiary/aromatic N) is 1. The van der Waals surface area contributed by atoms with E-state index >= 15 is 0 Å². The van der Waals surface area contributed by atoms with Gasteiger partial charge in [-0.3, -0.25) is 5.41 Å². The third-order valence-corrected chi connectivity index (χ3v) is 2.13. The predicted octanol–water partition coefficient (Wildman–Crippen LogP) is 2.62. The minimum Gasteiger partial charge on any atom is -0.478 e. The Morgan fingerprint density at radius 1 is 1.56 bits per heavy atom. The lowest BCUT2D eigenvalue weighted by Gasteiger charge is -2.06. The number of amidine groups is 1. The Kier molecular flexibility index (Phi) is 6.85. The Morgan fingerprint density at radius 3 is 2.81 bits per heavy atom. The van der Waals surface area contributed by atoms with Gasteiger partial charge >= 0.3 is 0 Å². The molecule has 0 aliphatic rings. The van der Waals surface area contributed by atoms with Crippen LogP contribution >= 0.6 is 24.0 Å². The van der Waals surface area contributed by atoms with Gasteiger partial charge in [0.15, 0.2) is 0 Å². The molecule has 4 nitrogen and oxygen atoms in total. The molecule has 1 aromatic rings. The molecule has 16 heavy (non-hydrogen) atoms. The van der Waals surface area contributed by atoms with Gasteiger partial charge in [-0.05, 0) is 12.5 Å². The summed E-state index contributed by atoms with van der Waals surface area (Å²) in [5, 5.41) is 7.63. The lowest BCUT2D eigenvalue weighted by molar-refractivity contribution is 0.297. The highest BCUT2D eigenvalue weighted by molar-refractivity contribution is 6.33. The molecule has 0 saturated carbocycles. The molecule has 0 amide bonds. The molecule has 0 saturated heterocycles. The fraction of sp³-hybridized carbons (Fsp3) is 0.400. The molecule has 0 atom stereocenters. The molecular weight excluding hydrogens is 249 g/mol. The fourth-order valence-electron chi connectivity index (χ4n) is 1.01. The van der Waals surface area contributed by atoms with Gasteiger partial charge in [-0.15, -0.1) is 12.4 Å². The van der Waals surface area contributed by atoms with E-state index in [1.807, 2.05) is 0 Å². The number of pyridine rings is 1. The van der Waals surface area contributed by atoms with E-state index in [0.29, 0.717) is 17.5 Å². The van der Waals surface area contributed by atoms with E-state index in [4.69, 9.17) is 27.5 Å². The predicted molar refractivity (Wildman–Crippen MR) is 67.9 cm³/mol. The van der Waals surface area contributed by atoms with E-state index in [9.17, 15) is 0 Å². The van der Waals surface area contributed by atoms with E-state index in [1.165, 1.54) is 0 Å². The second-order valence-electron chi connectivity index (χ2n) is 3.10. The average molecular weight is 264 g/mol. The summed E-state index contributed by atoms with van der Waals surface area (Å²) in [6.07, 6.45) is 2.03. The third-order valence-electron chi connectivity index (χ3n) is 1.82. The Morgan fingerprint density at radius 2 is 2.25 bits per heavy atom. The Bertz CT molecular complexity index is 358. The standard InChI is InChI=1S/C10H14ClN3O.ClH/c1-2-3-6-15-8-5-4-7(11)9(14-8)10(12)13;/h4-5H,2-3,6H2,1H3,(H3,12,13);1H. The zero-order valence-corrected chi connectivity index (χ0v) is 10.6. The first-order chi connectivity index (χ1) is 7.15. The number of ether oxygens (including phenoxy) is 1. The van der Waals surface area contributed by atoms with Gasteiger partial charge in [0, 0.05) is 6.07 Å². The Hall–Kier alpha value is -1.00. The van der Waals surface area contributed by atoms with Crippen molar-refractivity contribution in [3.8, 4) is 5.88 Å². The summed E-state index contributed by atoms with van der Waals surface area (Å²) in [5.74, 6) is 0.305. The molecule has 6 heteroatoms. The summed E-state index contributed by atoms with van der Waals surface area (Å²) in [6, 6.07) is 3.30. The van der Waals surface area contributed by atoms with Crippen molar-refractivity contribution in [1.29, 1.82) is 5.41 Å². The molecule has 0 bridgehead atoms. The highest BCUT2D eigenvalue weighted by Gasteiger charge is 2.07. The summed E-state index contributed by atoms with van der Waals surface area (Å²) in [7, 11) is 0. The van der Waals surface area contributed by atoms with E-state index in [2.05, 4.69) is 11.9 Å². The Balaban J connectivity index is 0.00000225. The highest BCUT2D eigenvalue weighted by Crippen LogP contribution is 2.17. The molecule has 0 spiro atoms. The van der Waals surface area contributed by atoms with Crippen LogP contribution in [0, 0.1) is 5.41 Å². The zero-order chi connectivity index (χ0) is 11.3. The zero-order valence-electron chi connectivity index (χ0n) is 9.00. The number of hydrogen-bond acceptors (Lipinski definition) is 3. The van der Waals surface area contributed by atoms with Crippen molar-refractivity contribution in [1.82, 2.24) is 4.98 Å². The minimum absolute atomic E-state index is 0. The topological polar surface area (TPSA) is 72.0 Å². The normalized spacial score (nSPS) is 9.38. The van der Waals surface area contributed by atoms with E-state index < -0.39 is 0 Å². The van der Waals surface area contributed by atoms with Crippen LogP contribution in [-0.2, 0) is 0 Å². The minimum atomic E-state index is -0.152. The SMILES string of the molecule is CCCCOc1ccc(Cl)c(C(=N)N)n1.Cl. The van der Waals surface area contributed by atoms with Crippen LogP contribution in [-0.4, -0.2) is 17.4 Å². The van der Waals surface area contributed by atoms with Crippen molar-refractivity contribution in [2.75, 3.05) is 6.61 Å². The molecule has 0 fully saturated rings. The number of unbranched alkanes of at least 4 members (excludes halogenated alkanes) is 1. The van der Waals surface area contributed by atoms with Crippen molar-refractivity contribution < 1.29 is 4.74 Å². The second kappa shape index (κ2) is 7.30. The number of aromatic nitrogens is 1. The number of nitrogens with two attached hydrogens (primary N) is 1. The summed E-state index contributed by atoms with van der Waals surface area (Å²) in [4.78, 5) is 4.04. The van der Waals surface area contributed by atoms with Crippen LogP contribution in [0.15, 0.2) is 12.1 Å². The van der Waals surface area contributed by atoms with Crippen molar-refractivity contribution in [2.45, 2.75) is 19.8 Å². The first kappa shape index (κ1) is 15.0. The maximum absolute atomic E-state index is 7.26. The van der Waals surface area contributed by atoms with Crippen LogP contribution in [0.25, 0.3) is 0 Å². The lowest BCUT2D eigenvalue weighted by atomic mass is 10.3. The molecule has 1 aromatic heterocycles. The van der Waals surface area contributed by atoms with E-state index in [0.717, 1.165) is 12.8 Å². The van der Waals surface area contributed by atoms with Crippen molar-refractivity contribution in [3.63, 3.8) is 0 Å². The van der Waals surface area contributed by atoms with Gasteiger partial charge in [0.2, 0.25) is 5.88 Å². The fourth-order valence-corrected chi connectivity index (χ4v) is 1.22. The van der Waals surface area contributed by atoms with Crippen molar-refractivity contribution in [3.05, 3.63) is 22.8 Å². The molecule has 0 radical (unpaired) electrons. The summed E-state index contributed by atoms with van der Waals surface area (Å²) in [6.45, 7) is 2.70. The number of rotatable bonds is 5. The van der Waals surface area contributed by atoms with Gasteiger partial charge < -0.3 is 10.5 Å². The van der Waals surface area contributed by atoms with E-state index in [-0.39, 0.29) is 23.9 Å². The van der Waals surface area contributed by atoms with Crippen molar-refractivity contribution in [2.24, 2.45) is 5.73 Å². The van der Waals surface area contributed by atoms with Crippen LogP contribution in [0.1, 0.15) is 25.5 Å². The molecule has 1 rings (SSSR count). The van der Waals surface area contributed by atoms with Crippen LogP contribution in [0.3, 0.4) is 0 Å². The quantitative estimate of drug-likeness (QED) is 0.487. The number of halogens is 2. The van der Waals surface area contributed by atoms with Gasteiger partial charge in [0.1, 0.15) is 11.5 Å². The Labute approximate surface area is 106 Å². The van der Waals surface area contributed by atoms with Crippen LogP contribution in [0.4, 0.5) is 0 Å².